The van der Waals surface area contributed by atoms with E-state index in [1.54, 1.807) is 66.7 Å². The molecule has 5 heterocycles. The van der Waals surface area contributed by atoms with Crippen molar-refractivity contribution in [1.29, 1.82) is 0 Å². The smallest absolute Gasteiger partial charge is 0.255 e. The number of furan rings is 2. The summed E-state index contributed by atoms with van der Waals surface area (Å²) < 4.78 is 162. The van der Waals surface area contributed by atoms with E-state index in [4.69, 9.17) is 36.6 Å². The predicted octanol–water partition coefficient (Wildman–Crippen LogP) is 14.2. The highest BCUT2D eigenvalue weighted by atomic mass is 32.2. The molecule has 13 aromatic rings. The van der Waals surface area contributed by atoms with Crippen LogP contribution in [0.1, 0.15) is 45.4 Å². The lowest BCUT2D eigenvalue weighted by atomic mass is 9.96. The second-order valence-electron chi connectivity index (χ2n) is 24.5. The van der Waals surface area contributed by atoms with Gasteiger partial charge in [0.2, 0.25) is 31.8 Å². The fourth-order valence-electron chi connectivity index (χ4n) is 12.5. The van der Waals surface area contributed by atoms with Crippen molar-refractivity contribution in [3.05, 3.63) is 216 Å². The van der Waals surface area contributed by atoms with Crippen molar-refractivity contribution >= 4 is 87.4 Å². The molecule has 4 aromatic heterocycles. The van der Waals surface area contributed by atoms with Gasteiger partial charge in [0, 0.05) is 71.4 Å². The molecule has 0 aliphatic carbocycles. The zero-order chi connectivity index (χ0) is 74.2. The number of halogens is 4. The lowest BCUT2D eigenvalue weighted by Crippen LogP contribution is -2.41. The van der Waals surface area contributed by atoms with Crippen LogP contribution >= 0.6 is 0 Å². The first-order valence-electron chi connectivity index (χ1n) is 32.7. The number of para-hydroxylation sites is 2. The molecule has 3 unspecified atom stereocenters. The number of aliphatic hydroxyl groups is 2. The van der Waals surface area contributed by atoms with Crippen LogP contribution in [-0.2, 0) is 29.5 Å². The molecule has 9 aromatic carbocycles. The first-order valence-corrected chi connectivity index (χ1v) is 36.4. The molecule has 4 N–H and O–H groups in total. The summed E-state index contributed by atoms with van der Waals surface area (Å²) >= 11 is 0. The molecule has 0 radical (unpaired) electrons. The molecule has 2 amide bonds. The van der Waals surface area contributed by atoms with Gasteiger partial charge in [-0.05, 0) is 133 Å². The number of benzene rings is 9. The molecule has 28 heteroatoms. The maximum Gasteiger partial charge on any atom is 0.255 e. The number of nitrogens with one attached hydrogen (secondary N) is 2. The van der Waals surface area contributed by atoms with Crippen LogP contribution < -0.4 is 28.7 Å². The minimum absolute atomic E-state index is 0.00938. The number of oxazole rings is 2. The Hall–Kier alpha value is -11.4. The van der Waals surface area contributed by atoms with Crippen LogP contribution in [-0.4, -0.2) is 128 Å². The van der Waals surface area contributed by atoms with Crippen LogP contribution in [0.3, 0.4) is 0 Å². The zero-order valence-electron chi connectivity index (χ0n) is 56.9. The van der Waals surface area contributed by atoms with Crippen molar-refractivity contribution in [3.8, 4) is 79.3 Å². The van der Waals surface area contributed by atoms with Crippen molar-refractivity contribution in [2.45, 2.75) is 31.3 Å². The number of nitrogens with zero attached hydrogens (tertiary/aromatic N) is 4. The standard InChI is InChI=1S/C42H35F2N3O8S.C35H31F2N3O8S/c1-45-40(48)37-30-21-29(26-14-17-34(51-2)31(20-26)41-46-38-32(44)10-7-11-35(38)55-41)33(22-36(30)54-39(37)24-12-15-27(43)16-13-24)47(56(3,49)50)23-28-18-19-52-42(53-28)25-8-5-4-6-9-25;1-38-34(43)31-24-16-23(20-9-12-28(46-2)25(15-20)35-39-32-26(37)5-4-6-29(32)48-35)27(40(49(3,44)45)18-22(42)13-14-41)17-30(24)47-33(31)19-7-10-21(36)11-8-19/h4-17,20-22,28,42H,18-19,23H2,1-3H3,(H,45,48);4-12,15-17,22,41-42H,13-14,18H2,1-3H3,(H,38,43). The number of amides is 2. The first-order chi connectivity index (χ1) is 50.4. The Kier molecular flexibility index (Phi) is 20.4. The topological polar surface area (TPSA) is 289 Å². The number of methoxy groups -OCH3 is 2. The molecule has 1 saturated heterocycles. The molecule has 1 aliphatic heterocycles. The number of sulfonamides is 2. The summed E-state index contributed by atoms with van der Waals surface area (Å²) in [7, 11) is -2.27. The Bertz CT molecular complexity index is 5700. The van der Waals surface area contributed by atoms with Gasteiger partial charge in [-0.15, -0.1) is 0 Å². The highest BCUT2D eigenvalue weighted by molar-refractivity contribution is 7.92. The number of hydrogen-bond acceptors (Lipinski definition) is 18. The third kappa shape index (κ3) is 14.7. The van der Waals surface area contributed by atoms with Crippen LogP contribution in [0.2, 0.25) is 0 Å². The highest BCUT2D eigenvalue weighted by Crippen LogP contribution is 2.47. The van der Waals surface area contributed by atoms with E-state index in [0.717, 1.165) is 22.4 Å². The average molecular weight is 1470 g/mol. The summed E-state index contributed by atoms with van der Waals surface area (Å²) in [6.45, 7) is -0.563. The molecular weight excluding hydrogens is 1400 g/mol. The Labute approximate surface area is 598 Å². The number of aliphatic hydroxyl groups excluding tert-OH is 2. The van der Waals surface area contributed by atoms with Crippen molar-refractivity contribution in [2.75, 3.05) is 75.7 Å². The first kappa shape index (κ1) is 72.0. The zero-order valence-corrected chi connectivity index (χ0v) is 58.6. The van der Waals surface area contributed by atoms with E-state index in [9.17, 15) is 54.2 Å². The monoisotopic (exact) mass is 1470 g/mol. The average Bonchev–Trinajstić information content (AvgIpc) is 1.64. The summed E-state index contributed by atoms with van der Waals surface area (Å²) in [5.41, 5.74) is 5.25. The maximum absolute atomic E-state index is 14.7. The molecule has 540 valence electrons. The SMILES string of the molecule is CNC(=O)c1c(-c2ccc(F)cc2)oc2cc(N(CC(O)CCO)S(C)(=O)=O)c(-c3ccc(OC)c(-c4nc5c(F)cccc5o4)c3)cc12.CNC(=O)c1c(-c2ccc(F)cc2)oc2cc(N(CC3CCOC(c4ccccc4)O3)S(C)(=O)=O)c(-c3ccc(OC)c(-c4nc5c(F)cccc5o4)c3)cc12. The van der Waals surface area contributed by atoms with Gasteiger partial charge >= 0.3 is 0 Å². The number of rotatable bonds is 21. The van der Waals surface area contributed by atoms with Crippen molar-refractivity contribution in [3.63, 3.8) is 0 Å². The van der Waals surface area contributed by atoms with Crippen LogP contribution in [0.15, 0.2) is 194 Å². The quantitative estimate of drug-likeness (QED) is 0.0486. The van der Waals surface area contributed by atoms with Gasteiger partial charge in [-0.1, -0.05) is 54.6 Å². The summed E-state index contributed by atoms with van der Waals surface area (Å²) in [6.07, 6.45) is -0.143. The molecule has 22 nitrogen and oxygen atoms in total. The summed E-state index contributed by atoms with van der Waals surface area (Å²) in [5, 5.41) is 26.0. The molecule has 1 aliphatic rings. The van der Waals surface area contributed by atoms with E-state index >= 15 is 0 Å². The number of anilines is 2. The number of hydrogen-bond donors (Lipinski definition) is 4. The van der Waals surface area contributed by atoms with Gasteiger partial charge in [-0.25, -0.2) is 44.4 Å². The Morgan fingerprint density at radius 2 is 1.02 bits per heavy atom. The Balaban J connectivity index is 0.000000188. The summed E-state index contributed by atoms with van der Waals surface area (Å²) in [5.74, 6) is -2.03. The summed E-state index contributed by atoms with van der Waals surface area (Å²) in [4.78, 5) is 35.7. The van der Waals surface area contributed by atoms with E-state index in [2.05, 4.69) is 20.6 Å². The molecule has 0 saturated carbocycles. The van der Waals surface area contributed by atoms with Gasteiger partial charge in [0.1, 0.15) is 56.9 Å². The van der Waals surface area contributed by atoms with Crippen LogP contribution in [0.25, 0.3) is 112 Å². The number of fused-ring (bicyclic) bond motifs is 4. The van der Waals surface area contributed by atoms with Gasteiger partial charge in [-0.2, -0.15) is 0 Å². The number of carbonyl (C=O) groups is 2. The van der Waals surface area contributed by atoms with Gasteiger partial charge in [-0.3, -0.25) is 18.2 Å². The maximum atomic E-state index is 14.7. The number of carbonyl (C=O) groups excluding carboxylic acids is 2. The molecule has 105 heavy (non-hydrogen) atoms. The lowest BCUT2D eigenvalue weighted by Gasteiger charge is -2.34. The molecule has 0 spiro atoms. The lowest BCUT2D eigenvalue weighted by molar-refractivity contribution is -0.214. The highest BCUT2D eigenvalue weighted by Gasteiger charge is 2.35. The summed E-state index contributed by atoms with van der Waals surface area (Å²) in [6, 6.07) is 45.2. The molecule has 0 bridgehead atoms. The Morgan fingerprint density at radius 1 is 0.562 bits per heavy atom. The van der Waals surface area contributed by atoms with Gasteiger partial charge in [0.05, 0.1) is 92.3 Å². The molecule has 1 fully saturated rings. The molecule has 3 atom stereocenters. The van der Waals surface area contributed by atoms with Crippen molar-refractivity contribution in [1.82, 2.24) is 20.6 Å². The fraction of sp³-hybridized carbons (Fsp3) is 0.195. The van der Waals surface area contributed by atoms with E-state index in [-0.39, 0.29) is 104 Å². The molecule has 14 rings (SSSR count). The van der Waals surface area contributed by atoms with Crippen LogP contribution in [0.5, 0.6) is 11.5 Å². The fourth-order valence-corrected chi connectivity index (χ4v) is 14.4. The van der Waals surface area contributed by atoms with E-state index in [1.807, 2.05) is 30.3 Å². The van der Waals surface area contributed by atoms with Crippen LogP contribution in [0.4, 0.5) is 28.9 Å². The van der Waals surface area contributed by atoms with Crippen molar-refractivity contribution in [2.24, 2.45) is 0 Å². The van der Waals surface area contributed by atoms with E-state index in [0.29, 0.717) is 74.2 Å². The minimum atomic E-state index is -4.08. The van der Waals surface area contributed by atoms with Gasteiger partial charge in [0.15, 0.2) is 29.1 Å². The predicted molar refractivity (Wildman–Crippen MR) is 387 cm³/mol. The van der Waals surface area contributed by atoms with E-state index < -0.39 is 80.2 Å². The van der Waals surface area contributed by atoms with Gasteiger partial charge in [0.25, 0.3) is 11.8 Å². The van der Waals surface area contributed by atoms with Crippen molar-refractivity contribution < 1.29 is 90.8 Å². The number of ether oxygens (including phenoxy) is 4. The Morgan fingerprint density at radius 3 is 1.45 bits per heavy atom. The second-order valence-corrected chi connectivity index (χ2v) is 28.3. The van der Waals surface area contributed by atoms with E-state index in [1.165, 1.54) is 111 Å². The third-order valence-electron chi connectivity index (χ3n) is 17.6. The number of aromatic nitrogens is 2. The van der Waals surface area contributed by atoms with Crippen LogP contribution in [0, 0.1) is 23.3 Å². The molecular formula is C77H66F4N6O16S2. The minimum Gasteiger partial charge on any atom is -0.496 e. The largest absolute Gasteiger partial charge is 0.496 e. The third-order valence-corrected chi connectivity index (χ3v) is 19.9. The van der Waals surface area contributed by atoms with Gasteiger partial charge < -0.3 is 57.5 Å². The normalized spacial score (nSPS) is 14.3. The second kappa shape index (κ2) is 29.8.